The minimum absolute atomic E-state index is 0.168. The first-order valence-electron chi connectivity index (χ1n) is 24.5. The third kappa shape index (κ3) is 5.20. The average Bonchev–Trinajstić information content (AvgIpc) is 4.05. The third-order valence-electron chi connectivity index (χ3n) is 16.5. The monoisotopic (exact) mass is 877 g/mol. The van der Waals surface area contributed by atoms with Gasteiger partial charge in [0.25, 0.3) is 0 Å². The molecule has 13 aromatic rings. The second-order valence-corrected chi connectivity index (χ2v) is 20.8. The van der Waals surface area contributed by atoms with Crippen LogP contribution in [0.25, 0.3) is 126 Å². The van der Waals surface area contributed by atoms with Crippen molar-refractivity contribution in [1.29, 1.82) is 0 Å². The molecule has 2 aliphatic carbocycles. The molecular formula is C68H47N. The standard InChI is InChI=1S/C68H47N/c1-67(2)56-34-42(40-16-7-5-8-17-40)26-30-50(56)52-32-28-46(36-58(52)67)62-48-22-13-11-20-44(48)38-60-64(62)54-24-15-25-55-65-61(69(60)66(54)55)39-45-21-12-14-23-49(45)63(65)47-29-33-53-51-31-27-43(41-18-9-6-10-19-41)35-57(51)68(3,4)59(53)37-47/h5-39H,1-4H3. The van der Waals surface area contributed by atoms with Crippen molar-refractivity contribution >= 4 is 59.6 Å². The van der Waals surface area contributed by atoms with Gasteiger partial charge in [-0.2, -0.15) is 0 Å². The molecule has 0 amide bonds. The van der Waals surface area contributed by atoms with E-state index in [1.807, 2.05) is 0 Å². The van der Waals surface area contributed by atoms with Crippen LogP contribution in [0.2, 0.25) is 0 Å². The summed E-state index contributed by atoms with van der Waals surface area (Å²) in [7, 11) is 0. The van der Waals surface area contributed by atoms with Crippen LogP contribution in [-0.4, -0.2) is 4.40 Å². The normalized spacial score (nSPS) is 14.3. The minimum Gasteiger partial charge on any atom is -0.308 e. The highest BCUT2D eigenvalue weighted by Gasteiger charge is 2.38. The van der Waals surface area contributed by atoms with Crippen molar-refractivity contribution < 1.29 is 0 Å². The van der Waals surface area contributed by atoms with Gasteiger partial charge in [0.05, 0.1) is 16.6 Å². The molecule has 11 aromatic carbocycles. The van der Waals surface area contributed by atoms with Crippen LogP contribution in [-0.2, 0) is 10.8 Å². The summed E-state index contributed by atoms with van der Waals surface area (Å²) >= 11 is 0. The van der Waals surface area contributed by atoms with Crippen molar-refractivity contribution in [2.75, 3.05) is 0 Å². The average molecular weight is 878 g/mol. The first-order chi connectivity index (χ1) is 33.7. The summed E-state index contributed by atoms with van der Waals surface area (Å²) in [5.74, 6) is 0. The number of nitrogens with zero attached hydrogens (tertiary/aromatic N) is 1. The summed E-state index contributed by atoms with van der Waals surface area (Å²) in [6, 6.07) is 80.4. The van der Waals surface area contributed by atoms with Gasteiger partial charge < -0.3 is 4.40 Å². The van der Waals surface area contributed by atoms with Crippen molar-refractivity contribution in [3.8, 4) is 66.8 Å². The van der Waals surface area contributed by atoms with Crippen molar-refractivity contribution in [3.63, 3.8) is 0 Å². The zero-order chi connectivity index (χ0) is 45.9. The van der Waals surface area contributed by atoms with Crippen LogP contribution in [0, 0.1) is 0 Å². The zero-order valence-electron chi connectivity index (χ0n) is 39.2. The van der Waals surface area contributed by atoms with E-state index in [0.29, 0.717) is 0 Å². The maximum Gasteiger partial charge on any atom is 0.0620 e. The lowest BCUT2D eigenvalue weighted by atomic mass is 9.80. The molecule has 0 fully saturated rings. The molecule has 1 heteroatoms. The fourth-order valence-electron chi connectivity index (χ4n) is 13.1. The fourth-order valence-corrected chi connectivity index (χ4v) is 13.1. The maximum atomic E-state index is 2.61. The fraction of sp³-hybridized carbons (Fsp3) is 0.0882. The molecule has 0 radical (unpaired) electrons. The van der Waals surface area contributed by atoms with Crippen LogP contribution in [0.4, 0.5) is 0 Å². The van der Waals surface area contributed by atoms with Crippen molar-refractivity contribution in [2.45, 2.75) is 38.5 Å². The van der Waals surface area contributed by atoms with Gasteiger partial charge in [-0.1, -0.05) is 204 Å². The number of hydrogen-bond acceptors (Lipinski definition) is 0. The SMILES string of the molecule is CC1(C)c2cc(-c3ccccc3)ccc2-c2ccc(-c3c4ccccc4cc4c3c3cccc5c6c(-c7ccc8c(c7)C(C)(C)c7cc(-c9ccccc9)ccc7-8)c7ccccc7cc6n4c35)cc21. The van der Waals surface area contributed by atoms with Crippen LogP contribution in [0.5, 0.6) is 0 Å². The van der Waals surface area contributed by atoms with E-state index in [-0.39, 0.29) is 10.8 Å². The molecule has 15 rings (SSSR count). The third-order valence-corrected chi connectivity index (χ3v) is 16.5. The summed E-state index contributed by atoms with van der Waals surface area (Å²) < 4.78 is 2.61. The number of benzene rings is 11. The molecule has 2 aliphatic rings. The maximum absolute atomic E-state index is 2.61. The summed E-state index contributed by atoms with van der Waals surface area (Å²) in [5.41, 5.74) is 24.6. The molecule has 1 nitrogen and oxygen atoms in total. The van der Waals surface area contributed by atoms with E-state index in [2.05, 4.69) is 244 Å². The highest BCUT2D eigenvalue weighted by Crippen LogP contribution is 2.55. The molecule has 69 heavy (non-hydrogen) atoms. The van der Waals surface area contributed by atoms with Gasteiger partial charge >= 0.3 is 0 Å². The second-order valence-electron chi connectivity index (χ2n) is 20.8. The molecule has 0 saturated carbocycles. The number of rotatable bonds is 4. The van der Waals surface area contributed by atoms with Gasteiger partial charge in [0, 0.05) is 32.4 Å². The Morgan fingerprint density at radius 3 is 1.06 bits per heavy atom. The Morgan fingerprint density at radius 2 is 0.638 bits per heavy atom. The van der Waals surface area contributed by atoms with E-state index < -0.39 is 0 Å². The number of fused-ring (bicyclic) bond motifs is 14. The van der Waals surface area contributed by atoms with Crippen molar-refractivity contribution in [1.82, 2.24) is 4.40 Å². The Kier molecular flexibility index (Phi) is 7.70. The zero-order valence-corrected chi connectivity index (χ0v) is 39.2. The second kappa shape index (κ2) is 13.7. The Balaban J connectivity index is 0.957. The smallest absolute Gasteiger partial charge is 0.0620 e. The Bertz CT molecular complexity index is 4060. The van der Waals surface area contributed by atoms with Crippen molar-refractivity contribution in [2.24, 2.45) is 0 Å². The summed E-state index contributed by atoms with van der Waals surface area (Å²) in [6.45, 7) is 9.64. The highest BCUT2D eigenvalue weighted by molar-refractivity contribution is 6.32. The van der Waals surface area contributed by atoms with Crippen LogP contribution in [0.3, 0.4) is 0 Å². The van der Waals surface area contributed by atoms with E-state index in [0.717, 1.165) is 0 Å². The number of hydrogen-bond donors (Lipinski definition) is 0. The Morgan fingerprint density at radius 1 is 0.290 bits per heavy atom. The van der Waals surface area contributed by atoms with Gasteiger partial charge in [0.1, 0.15) is 0 Å². The van der Waals surface area contributed by atoms with Crippen LogP contribution >= 0.6 is 0 Å². The highest BCUT2D eigenvalue weighted by atomic mass is 14.9. The van der Waals surface area contributed by atoms with Gasteiger partial charge in [0.15, 0.2) is 0 Å². The molecule has 2 aromatic heterocycles. The van der Waals surface area contributed by atoms with Gasteiger partial charge in [-0.05, 0) is 147 Å². The van der Waals surface area contributed by atoms with E-state index in [1.165, 1.54) is 149 Å². The molecule has 0 saturated heterocycles. The Hall–Kier alpha value is -8.26. The summed E-state index contributed by atoms with van der Waals surface area (Å²) in [5, 5.41) is 10.3. The molecule has 2 heterocycles. The molecule has 0 N–H and O–H groups in total. The van der Waals surface area contributed by atoms with E-state index in [1.54, 1.807) is 0 Å². The molecule has 0 bridgehead atoms. The lowest BCUT2D eigenvalue weighted by molar-refractivity contribution is 0.660. The van der Waals surface area contributed by atoms with Crippen molar-refractivity contribution in [3.05, 3.63) is 235 Å². The first-order valence-corrected chi connectivity index (χ1v) is 24.5. The number of para-hydroxylation sites is 1. The predicted octanol–water partition coefficient (Wildman–Crippen LogP) is 18.4. The van der Waals surface area contributed by atoms with Gasteiger partial charge in [-0.3, -0.25) is 0 Å². The van der Waals surface area contributed by atoms with E-state index >= 15 is 0 Å². The van der Waals surface area contributed by atoms with E-state index in [9.17, 15) is 0 Å². The molecule has 0 unspecified atom stereocenters. The molecule has 324 valence electrons. The van der Waals surface area contributed by atoms with Gasteiger partial charge in [-0.15, -0.1) is 0 Å². The van der Waals surface area contributed by atoms with Crippen LogP contribution in [0.1, 0.15) is 49.9 Å². The van der Waals surface area contributed by atoms with Crippen LogP contribution < -0.4 is 0 Å². The molecular weight excluding hydrogens is 831 g/mol. The first kappa shape index (κ1) is 38.8. The Labute approximate surface area is 401 Å². The van der Waals surface area contributed by atoms with Gasteiger partial charge in [-0.25, -0.2) is 0 Å². The predicted molar refractivity (Wildman–Crippen MR) is 293 cm³/mol. The lowest BCUT2D eigenvalue weighted by Gasteiger charge is -2.23. The number of aromatic nitrogens is 1. The molecule has 0 aliphatic heterocycles. The molecule has 0 atom stereocenters. The summed E-state index contributed by atoms with van der Waals surface area (Å²) in [6.07, 6.45) is 0. The van der Waals surface area contributed by atoms with Crippen LogP contribution in [0.15, 0.2) is 212 Å². The lowest BCUT2D eigenvalue weighted by Crippen LogP contribution is -2.15. The van der Waals surface area contributed by atoms with Gasteiger partial charge in [0.2, 0.25) is 0 Å². The largest absolute Gasteiger partial charge is 0.308 e. The topological polar surface area (TPSA) is 4.41 Å². The molecule has 0 spiro atoms. The quantitative estimate of drug-likeness (QED) is 0.166. The minimum atomic E-state index is -0.168. The summed E-state index contributed by atoms with van der Waals surface area (Å²) in [4.78, 5) is 0. The van der Waals surface area contributed by atoms with E-state index in [4.69, 9.17) is 0 Å².